The molecule has 1 aromatic heterocycles. The van der Waals surface area contributed by atoms with Crippen molar-refractivity contribution in [3.05, 3.63) is 22.1 Å². The van der Waals surface area contributed by atoms with Gasteiger partial charge in [-0.15, -0.1) is 0 Å². The Morgan fingerprint density at radius 2 is 2.00 bits per heavy atom. The highest BCUT2D eigenvalue weighted by atomic mass is 16.5. The average molecular weight is 251 g/mol. The molecule has 1 aliphatic rings. The number of ether oxygens (including phenoxy) is 1. The molecule has 0 aliphatic carbocycles. The molecule has 2 rings (SSSR count). The van der Waals surface area contributed by atoms with Crippen LogP contribution in [-0.2, 0) is 18.2 Å². The van der Waals surface area contributed by atoms with Crippen molar-refractivity contribution in [2.24, 2.45) is 7.05 Å². The van der Waals surface area contributed by atoms with Crippen molar-refractivity contribution >= 4 is 5.95 Å². The van der Waals surface area contributed by atoms with Gasteiger partial charge in [-0.3, -0.25) is 9.36 Å². The van der Waals surface area contributed by atoms with Crippen LogP contribution < -0.4 is 10.5 Å². The van der Waals surface area contributed by atoms with Gasteiger partial charge in [0.2, 0.25) is 5.95 Å². The Bertz CT molecular complexity index is 474. The summed E-state index contributed by atoms with van der Waals surface area (Å²) in [6.07, 6.45) is 1.10. The molecule has 0 bridgehead atoms. The van der Waals surface area contributed by atoms with E-state index in [1.807, 2.05) is 20.8 Å². The summed E-state index contributed by atoms with van der Waals surface area (Å²) in [5.41, 5.74) is 0.851. The first-order chi connectivity index (χ1) is 8.51. The number of aromatic nitrogens is 2. The number of hydrogen-bond donors (Lipinski definition) is 0. The van der Waals surface area contributed by atoms with E-state index in [-0.39, 0.29) is 17.8 Å². The minimum absolute atomic E-state index is 0.00338. The van der Waals surface area contributed by atoms with Gasteiger partial charge in [-0.1, -0.05) is 6.92 Å². The van der Waals surface area contributed by atoms with E-state index in [0.717, 1.165) is 31.2 Å². The molecule has 2 heterocycles. The third-order valence-corrected chi connectivity index (χ3v) is 3.23. The van der Waals surface area contributed by atoms with Crippen LogP contribution in [0.25, 0.3) is 0 Å². The van der Waals surface area contributed by atoms with Crippen LogP contribution in [0.2, 0.25) is 0 Å². The first-order valence-electron chi connectivity index (χ1n) is 6.48. The van der Waals surface area contributed by atoms with Crippen LogP contribution in [-0.4, -0.2) is 34.8 Å². The van der Waals surface area contributed by atoms with E-state index in [0.29, 0.717) is 0 Å². The van der Waals surface area contributed by atoms with E-state index in [9.17, 15) is 4.79 Å². The molecule has 100 valence electrons. The van der Waals surface area contributed by atoms with Crippen molar-refractivity contribution in [2.75, 3.05) is 18.0 Å². The summed E-state index contributed by atoms with van der Waals surface area (Å²) < 4.78 is 7.32. The molecule has 2 unspecified atom stereocenters. The number of aryl methyl sites for hydroxylation is 1. The second kappa shape index (κ2) is 5.10. The van der Waals surface area contributed by atoms with Gasteiger partial charge in [0.05, 0.1) is 12.2 Å². The van der Waals surface area contributed by atoms with Crippen LogP contribution in [0.15, 0.2) is 10.9 Å². The van der Waals surface area contributed by atoms with Crippen molar-refractivity contribution in [1.82, 2.24) is 9.55 Å². The Labute approximate surface area is 107 Å². The van der Waals surface area contributed by atoms with Crippen LogP contribution in [0.4, 0.5) is 5.95 Å². The van der Waals surface area contributed by atoms with Gasteiger partial charge < -0.3 is 9.64 Å². The highest BCUT2D eigenvalue weighted by Crippen LogP contribution is 2.17. The van der Waals surface area contributed by atoms with E-state index in [2.05, 4.69) is 9.88 Å². The van der Waals surface area contributed by atoms with E-state index in [1.165, 1.54) is 0 Å². The van der Waals surface area contributed by atoms with Crippen LogP contribution in [0.3, 0.4) is 0 Å². The van der Waals surface area contributed by atoms with Gasteiger partial charge in [0.15, 0.2) is 0 Å². The van der Waals surface area contributed by atoms with E-state index >= 15 is 0 Å². The lowest BCUT2D eigenvalue weighted by Gasteiger charge is -2.36. The lowest BCUT2D eigenvalue weighted by molar-refractivity contribution is -0.00594. The molecule has 18 heavy (non-hydrogen) atoms. The molecule has 1 saturated heterocycles. The van der Waals surface area contributed by atoms with Crippen LogP contribution in [0.1, 0.15) is 26.5 Å². The average Bonchev–Trinajstić information content (AvgIpc) is 2.31. The highest BCUT2D eigenvalue weighted by molar-refractivity contribution is 5.33. The molecular formula is C13H21N3O2. The van der Waals surface area contributed by atoms with Crippen LogP contribution >= 0.6 is 0 Å². The Morgan fingerprint density at radius 1 is 1.39 bits per heavy atom. The van der Waals surface area contributed by atoms with Gasteiger partial charge in [-0.05, 0) is 20.3 Å². The van der Waals surface area contributed by atoms with Gasteiger partial charge in [0.1, 0.15) is 0 Å². The lowest BCUT2D eigenvalue weighted by Crippen LogP contribution is -2.47. The first kappa shape index (κ1) is 13.1. The Balaban J connectivity index is 2.37. The molecule has 0 N–H and O–H groups in total. The van der Waals surface area contributed by atoms with Gasteiger partial charge >= 0.3 is 0 Å². The van der Waals surface area contributed by atoms with Gasteiger partial charge in [-0.2, -0.15) is 0 Å². The van der Waals surface area contributed by atoms with Crippen molar-refractivity contribution < 1.29 is 4.74 Å². The minimum atomic E-state index is 0.00338. The topological polar surface area (TPSA) is 47.4 Å². The number of hydrogen-bond acceptors (Lipinski definition) is 4. The van der Waals surface area contributed by atoms with Crippen LogP contribution in [0.5, 0.6) is 0 Å². The summed E-state index contributed by atoms with van der Waals surface area (Å²) in [6, 6.07) is 1.61. The number of rotatable bonds is 2. The fourth-order valence-corrected chi connectivity index (χ4v) is 2.38. The number of morpholine rings is 1. The molecule has 0 saturated carbocycles. The normalized spacial score (nSPS) is 24.3. The number of anilines is 1. The molecule has 0 radical (unpaired) electrons. The zero-order valence-corrected chi connectivity index (χ0v) is 11.5. The zero-order chi connectivity index (χ0) is 13.3. The zero-order valence-electron chi connectivity index (χ0n) is 11.5. The van der Waals surface area contributed by atoms with Gasteiger partial charge in [0.25, 0.3) is 5.56 Å². The molecule has 1 fully saturated rings. The molecular weight excluding hydrogens is 230 g/mol. The fourth-order valence-electron chi connectivity index (χ4n) is 2.38. The highest BCUT2D eigenvalue weighted by Gasteiger charge is 2.25. The second-order valence-corrected chi connectivity index (χ2v) is 4.96. The third-order valence-electron chi connectivity index (χ3n) is 3.23. The first-order valence-corrected chi connectivity index (χ1v) is 6.48. The smallest absolute Gasteiger partial charge is 0.254 e. The van der Waals surface area contributed by atoms with Crippen molar-refractivity contribution in [1.29, 1.82) is 0 Å². The summed E-state index contributed by atoms with van der Waals surface area (Å²) in [7, 11) is 1.77. The van der Waals surface area contributed by atoms with Crippen molar-refractivity contribution in [3.8, 4) is 0 Å². The summed E-state index contributed by atoms with van der Waals surface area (Å²) >= 11 is 0. The quantitative estimate of drug-likeness (QED) is 0.785. The predicted octanol–water partition coefficient (Wildman–Crippen LogP) is 0.956. The third kappa shape index (κ3) is 2.56. The molecule has 0 spiro atoms. The maximum absolute atomic E-state index is 11.9. The largest absolute Gasteiger partial charge is 0.372 e. The second-order valence-electron chi connectivity index (χ2n) is 4.96. The van der Waals surface area contributed by atoms with Gasteiger partial charge in [-0.25, -0.2) is 4.98 Å². The Kier molecular flexibility index (Phi) is 3.71. The Morgan fingerprint density at radius 3 is 2.56 bits per heavy atom. The molecule has 0 aromatic carbocycles. The summed E-state index contributed by atoms with van der Waals surface area (Å²) in [5, 5.41) is 0. The number of nitrogens with zero attached hydrogens (tertiary/aromatic N) is 3. The predicted molar refractivity (Wildman–Crippen MR) is 71.1 cm³/mol. The van der Waals surface area contributed by atoms with Crippen LogP contribution in [0, 0.1) is 0 Å². The Hall–Kier alpha value is -1.36. The van der Waals surface area contributed by atoms with E-state index < -0.39 is 0 Å². The maximum atomic E-state index is 11.9. The summed E-state index contributed by atoms with van der Waals surface area (Å²) in [6.45, 7) is 7.65. The van der Waals surface area contributed by atoms with E-state index in [4.69, 9.17) is 4.74 Å². The SMILES string of the molecule is CCc1cc(=O)n(C)c(N2CC(C)OC(C)C2)n1. The van der Waals surface area contributed by atoms with Gasteiger partial charge in [0, 0.05) is 31.9 Å². The molecule has 5 heteroatoms. The molecule has 2 atom stereocenters. The van der Waals surface area contributed by atoms with E-state index in [1.54, 1.807) is 17.7 Å². The van der Waals surface area contributed by atoms with Crippen molar-refractivity contribution in [2.45, 2.75) is 39.4 Å². The maximum Gasteiger partial charge on any atom is 0.254 e. The molecule has 0 amide bonds. The standard InChI is InChI=1S/C13H21N3O2/c1-5-11-6-12(17)15(4)13(14-11)16-7-9(2)18-10(3)8-16/h6,9-10H,5,7-8H2,1-4H3. The summed E-state index contributed by atoms with van der Waals surface area (Å²) in [5.74, 6) is 0.751. The summed E-state index contributed by atoms with van der Waals surface area (Å²) in [4.78, 5) is 18.6. The molecule has 5 nitrogen and oxygen atoms in total. The molecule has 1 aromatic rings. The minimum Gasteiger partial charge on any atom is -0.372 e. The van der Waals surface area contributed by atoms with Crippen molar-refractivity contribution in [3.63, 3.8) is 0 Å². The fraction of sp³-hybridized carbons (Fsp3) is 0.692. The monoisotopic (exact) mass is 251 g/mol. The lowest BCUT2D eigenvalue weighted by atomic mass is 10.2. The molecule has 1 aliphatic heterocycles.